The molecule has 31 heavy (non-hydrogen) atoms. The summed E-state index contributed by atoms with van der Waals surface area (Å²) in [5.74, 6) is 0.704. The Kier molecular flexibility index (Phi) is 6.15. The zero-order valence-corrected chi connectivity index (χ0v) is 22.5. The summed E-state index contributed by atoms with van der Waals surface area (Å²) >= 11 is -2.25. The molecule has 0 saturated carbocycles. The summed E-state index contributed by atoms with van der Waals surface area (Å²) in [5.41, 5.74) is 9.57. The number of hydrogen-bond acceptors (Lipinski definition) is 0. The van der Waals surface area contributed by atoms with Crippen molar-refractivity contribution in [1.29, 1.82) is 0 Å². The quantitative estimate of drug-likeness (QED) is 0.258. The number of hydrogen-bond donors (Lipinski definition) is 0. The first kappa shape index (κ1) is 21.1. The second kappa shape index (κ2) is 9.02. The van der Waals surface area contributed by atoms with Gasteiger partial charge in [-0.1, -0.05) is 0 Å². The van der Waals surface area contributed by atoms with Gasteiger partial charge in [-0.05, 0) is 0 Å². The van der Waals surface area contributed by atoms with E-state index in [1.54, 1.807) is 27.8 Å². The number of aryl methyl sites for hydroxylation is 2. The van der Waals surface area contributed by atoms with E-state index in [9.17, 15) is 0 Å². The van der Waals surface area contributed by atoms with Crippen molar-refractivity contribution in [3.8, 4) is 0 Å². The normalized spacial score (nSPS) is 18.9. The molecule has 1 heteroatoms. The van der Waals surface area contributed by atoms with Crippen molar-refractivity contribution < 1.29 is 21.4 Å². The van der Waals surface area contributed by atoms with Crippen molar-refractivity contribution in [3.63, 3.8) is 0 Å². The Morgan fingerprint density at radius 3 is 1.97 bits per heavy atom. The summed E-state index contributed by atoms with van der Waals surface area (Å²) in [5, 5.41) is 0. The van der Waals surface area contributed by atoms with Crippen LogP contribution >= 0.6 is 0 Å². The van der Waals surface area contributed by atoms with Gasteiger partial charge in [0, 0.05) is 0 Å². The van der Waals surface area contributed by atoms with Crippen LogP contribution in [-0.4, -0.2) is 0 Å². The van der Waals surface area contributed by atoms with Gasteiger partial charge in [0.15, 0.2) is 0 Å². The van der Waals surface area contributed by atoms with Crippen molar-refractivity contribution in [2.24, 2.45) is 5.92 Å². The second-order valence-electron chi connectivity index (χ2n) is 9.89. The molecule has 0 spiro atoms. The summed E-state index contributed by atoms with van der Waals surface area (Å²) in [7, 11) is 0. The summed E-state index contributed by atoms with van der Waals surface area (Å²) < 4.78 is 2.97. The molecule has 0 radical (unpaired) electrons. The van der Waals surface area contributed by atoms with Crippen molar-refractivity contribution >= 4 is 6.08 Å². The molecular weight excluding hydrogens is 539 g/mol. The van der Waals surface area contributed by atoms with E-state index in [0.29, 0.717) is 9.09 Å². The summed E-state index contributed by atoms with van der Waals surface area (Å²) in [6, 6.07) is 27.9. The van der Waals surface area contributed by atoms with Crippen molar-refractivity contribution in [3.05, 3.63) is 112 Å². The van der Waals surface area contributed by atoms with Gasteiger partial charge in [-0.2, -0.15) is 0 Å². The fourth-order valence-corrected chi connectivity index (χ4v) is 19.6. The van der Waals surface area contributed by atoms with E-state index in [0.717, 1.165) is 0 Å². The van der Waals surface area contributed by atoms with Gasteiger partial charge >= 0.3 is 197 Å². The molecule has 1 unspecified atom stereocenters. The summed E-state index contributed by atoms with van der Waals surface area (Å²) in [6.07, 6.45) is 10.4. The first-order chi connectivity index (χ1) is 15.1. The Labute approximate surface area is 195 Å². The SMILES string of the molecule is CC(C)C[C]1([Hf]([CH2]c2ccccc2)[CH2]c2ccccc2)C=Cc2cc3c(cc21)CCC3. The predicted molar refractivity (Wildman–Crippen MR) is 129 cm³/mol. The average Bonchev–Trinajstić information content (AvgIpc) is 3.38. The Bertz CT molecular complexity index is 1020. The fourth-order valence-electron chi connectivity index (χ4n) is 5.83. The van der Waals surface area contributed by atoms with Crippen molar-refractivity contribution in [1.82, 2.24) is 0 Å². The van der Waals surface area contributed by atoms with Gasteiger partial charge in [0.25, 0.3) is 0 Å². The molecule has 3 aromatic rings. The number of benzene rings is 3. The first-order valence-electron chi connectivity index (χ1n) is 11.9. The van der Waals surface area contributed by atoms with Crippen LogP contribution in [0, 0.1) is 5.92 Å². The minimum absolute atomic E-state index is 0.317. The predicted octanol–water partition coefficient (Wildman–Crippen LogP) is 7.46. The van der Waals surface area contributed by atoms with Crippen LogP contribution in [0.2, 0.25) is 0 Å². The zero-order valence-electron chi connectivity index (χ0n) is 18.9. The topological polar surface area (TPSA) is 0 Å². The molecule has 0 N–H and O–H groups in total. The summed E-state index contributed by atoms with van der Waals surface area (Å²) in [6.45, 7) is 4.85. The fraction of sp³-hybridized carbons (Fsp3) is 0.333. The summed E-state index contributed by atoms with van der Waals surface area (Å²) in [4.78, 5) is 0. The van der Waals surface area contributed by atoms with Crippen molar-refractivity contribution in [2.75, 3.05) is 0 Å². The van der Waals surface area contributed by atoms with Crippen LogP contribution < -0.4 is 0 Å². The number of fused-ring (bicyclic) bond motifs is 2. The van der Waals surface area contributed by atoms with E-state index in [1.165, 1.54) is 39.6 Å². The molecule has 2 aliphatic carbocycles. The molecule has 3 aromatic carbocycles. The minimum atomic E-state index is -2.25. The zero-order chi connectivity index (χ0) is 21.3. The average molecular weight is 572 g/mol. The second-order valence-corrected chi connectivity index (χ2v) is 20.0. The molecule has 0 bridgehead atoms. The molecular formula is C30H33Hf. The monoisotopic (exact) mass is 573 g/mol. The van der Waals surface area contributed by atoms with Crippen LogP contribution in [-0.2, 0) is 45.8 Å². The van der Waals surface area contributed by atoms with E-state index < -0.39 is 21.4 Å². The van der Waals surface area contributed by atoms with Gasteiger partial charge in [-0.3, -0.25) is 0 Å². The third-order valence-electron chi connectivity index (χ3n) is 7.17. The van der Waals surface area contributed by atoms with Crippen LogP contribution in [0.25, 0.3) is 6.08 Å². The van der Waals surface area contributed by atoms with E-state index >= 15 is 0 Å². The third-order valence-corrected chi connectivity index (χ3v) is 20.0. The van der Waals surface area contributed by atoms with E-state index in [2.05, 4.69) is 98.8 Å². The van der Waals surface area contributed by atoms with Gasteiger partial charge in [0.1, 0.15) is 0 Å². The van der Waals surface area contributed by atoms with Crippen molar-refractivity contribution in [2.45, 2.75) is 51.1 Å². The molecule has 1 atom stereocenters. The standard InChI is InChI=1S/C16H19.2C7H7.Hf/c1-11(2)8-14-6-7-15-9-12-4-3-5-13(12)10-16(14)15;2*1-7-5-3-2-4-6-7;/h6-7,9-11H,3-5,8H2,1-2H3;2*2-6H,1H2;. The molecule has 0 nitrogen and oxygen atoms in total. The molecule has 0 saturated heterocycles. The Hall–Kier alpha value is -1.73. The number of rotatable bonds is 7. The van der Waals surface area contributed by atoms with Crippen LogP contribution in [0.1, 0.15) is 60.1 Å². The van der Waals surface area contributed by atoms with Gasteiger partial charge in [-0.25, -0.2) is 0 Å². The van der Waals surface area contributed by atoms with E-state index in [4.69, 9.17) is 0 Å². The molecule has 0 amide bonds. The third kappa shape index (κ3) is 4.31. The van der Waals surface area contributed by atoms with E-state index in [1.807, 2.05) is 0 Å². The van der Waals surface area contributed by atoms with Crippen LogP contribution in [0.15, 0.2) is 78.9 Å². The van der Waals surface area contributed by atoms with Crippen LogP contribution in [0.3, 0.4) is 0 Å². The molecule has 0 fully saturated rings. The molecule has 0 heterocycles. The molecule has 157 valence electrons. The van der Waals surface area contributed by atoms with Gasteiger partial charge in [0.05, 0.1) is 0 Å². The van der Waals surface area contributed by atoms with Gasteiger partial charge in [0.2, 0.25) is 0 Å². The maximum atomic E-state index is 2.68. The Morgan fingerprint density at radius 2 is 1.39 bits per heavy atom. The Balaban J connectivity index is 1.61. The number of allylic oxidation sites excluding steroid dienone is 1. The molecule has 0 aliphatic heterocycles. The molecule has 0 aromatic heterocycles. The van der Waals surface area contributed by atoms with E-state index in [-0.39, 0.29) is 0 Å². The Morgan fingerprint density at radius 1 is 0.806 bits per heavy atom. The molecule has 5 rings (SSSR count). The maximum absolute atomic E-state index is 2.68. The van der Waals surface area contributed by atoms with Crippen LogP contribution in [0.5, 0.6) is 0 Å². The van der Waals surface area contributed by atoms with Gasteiger partial charge < -0.3 is 0 Å². The van der Waals surface area contributed by atoms with Gasteiger partial charge in [-0.15, -0.1) is 0 Å². The van der Waals surface area contributed by atoms with Crippen LogP contribution in [0.4, 0.5) is 0 Å². The first-order valence-corrected chi connectivity index (χ1v) is 18.8. The molecule has 2 aliphatic rings.